The zero-order valence-corrected chi connectivity index (χ0v) is 7.64. The van der Waals surface area contributed by atoms with Gasteiger partial charge >= 0.3 is 0 Å². The Bertz CT molecular complexity index is 140. The van der Waals surface area contributed by atoms with Crippen molar-refractivity contribution in [2.24, 2.45) is 17.8 Å². The maximum Gasteiger partial charge on any atom is 0.00697 e. The van der Waals surface area contributed by atoms with Gasteiger partial charge in [0, 0.05) is 6.04 Å². The van der Waals surface area contributed by atoms with Gasteiger partial charge in [-0.3, -0.25) is 0 Å². The predicted molar refractivity (Wildman–Crippen MR) is 47.5 cm³/mol. The highest BCUT2D eigenvalue weighted by atomic mass is 14.9. The second-order valence-electron chi connectivity index (χ2n) is 4.52. The second-order valence-corrected chi connectivity index (χ2v) is 4.52. The lowest BCUT2D eigenvalue weighted by molar-refractivity contribution is 0.466. The van der Waals surface area contributed by atoms with Crippen LogP contribution in [0.3, 0.4) is 0 Å². The maximum atomic E-state index is 3.64. The molecule has 0 heterocycles. The molecule has 64 valence electrons. The predicted octanol–water partition coefficient (Wildman–Crippen LogP) is 2.03. The van der Waals surface area contributed by atoms with E-state index in [1.807, 2.05) is 0 Å². The average Bonchev–Trinajstić information content (AvgIpc) is 2.78. The van der Waals surface area contributed by atoms with Crippen LogP contribution in [0.15, 0.2) is 0 Å². The topological polar surface area (TPSA) is 12.0 Å². The van der Waals surface area contributed by atoms with E-state index in [-0.39, 0.29) is 0 Å². The molecule has 0 saturated heterocycles. The zero-order valence-electron chi connectivity index (χ0n) is 7.64. The van der Waals surface area contributed by atoms with Crippen molar-refractivity contribution in [3.05, 3.63) is 0 Å². The summed E-state index contributed by atoms with van der Waals surface area (Å²) in [5.74, 6) is 3.02. The Morgan fingerprint density at radius 1 is 1.45 bits per heavy atom. The summed E-state index contributed by atoms with van der Waals surface area (Å²) in [7, 11) is 0. The normalized spacial score (nSPS) is 38.7. The van der Waals surface area contributed by atoms with E-state index in [2.05, 4.69) is 19.2 Å². The first-order valence-electron chi connectivity index (χ1n) is 5.00. The van der Waals surface area contributed by atoms with Crippen LogP contribution in [-0.4, -0.2) is 12.6 Å². The molecule has 3 atom stereocenters. The summed E-state index contributed by atoms with van der Waals surface area (Å²) < 4.78 is 0. The molecule has 2 fully saturated rings. The molecule has 0 amide bonds. The molecule has 0 aromatic rings. The van der Waals surface area contributed by atoms with Gasteiger partial charge in [0.25, 0.3) is 0 Å². The van der Waals surface area contributed by atoms with Crippen LogP contribution in [0.1, 0.15) is 33.1 Å². The Balaban J connectivity index is 1.61. The minimum atomic E-state index is 0.783. The van der Waals surface area contributed by atoms with Crippen LogP contribution in [-0.2, 0) is 0 Å². The quantitative estimate of drug-likeness (QED) is 0.651. The Labute approximate surface area is 69.6 Å². The van der Waals surface area contributed by atoms with E-state index in [0.29, 0.717) is 0 Å². The summed E-state index contributed by atoms with van der Waals surface area (Å²) in [5, 5.41) is 3.64. The molecule has 0 aromatic carbocycles. The molecule has 1 heteroatoms. The Hall–Kier alpha value is -0.0400. The van der Waals surface area contributed by atoms with Crippen molar-refractivity contribution < 1.29 is 0 Å². The van der Waals surface area contributed by atoms with Crippen LogP contribution >= 0.6 is 0 Å². The van der Waals surface area contributed by atoms with Crippen molar-refractivity contribution in [3.8, 4) is 0 Å². The van der Waals surface area contributed by atoms with E-state index >= 15 is 0 Å². The van der Waals surface area contributed by atoms with Gasteiger partial charge in [-0.2, -0.15) is 0 Å². The fourth-order valence-electron chi connectivity index (χ4n) is 1.87. The lowest BCUT2D eigenvalue weighted by Gasteiger charge is -2.12. The third kappa shape index (κ3) is 1.96. The maximum absolute atomic E-state index is 3.64. The summed E-state index contributed by atoms with van der Waals surface area (Å²) in [6.45, 7) is 5.99. The van der Waals surface area contributed by atoms with Gasteiger partial charge < -0.3 is 5.32 Å². The van der Waals surface area contributed by atoms with Gasteiger partial charge in [-0.25, -0.2) is 0 Å². The molecule has 2 aliphatic rings. The van der Waals surface area contributed by atoms with Crippen molar-refractivity contribution in [2.75, 3.05) is 6.54 Å². The minimum Gasteiger partial charge on any atom is -0.314 e. The van der Waals surface area contributed by atoms with Gasteiger partial charge in [-0.15, -0.1) is 0 Å². The number of hydrogen-bond acceptors (Lipinski definition) is 1. The highest BCUT2D eigenvalue weighted by molar-refractivity contribution is 4.91. The standard InChI is InChI=1S/C10H19N/c1-7-5-10(7)8(2)11-6-9-3-4-9/h7-11H,3-6H2,1-2H3. The summed E-state index contributed by atoms with van der Waals surface area (Å²) >= 11 is 0. The first kappa shape index (κ1) is 7.60. The average molecular weight is 153 g/mol. The molecule has 3 unspecified atom stereocenters. The first-order chi connectivity index (χ1) is 5.27. The van der Waals surface area contributed by atoms with Crippen LogP contribution in [0.2, 0.25) is 0 Å². The molecule has 11 heavy (non-hydrogen) atoms. The smallest absolute Gasteiger partial charge is 0.00697 e. The number of rotatable bonds is 4. The highest BCUT2D eigenvalue weighted by Crippen LogP contribution is 2.40. The van der Waals surface area contributed by atoms with Crippen molar-refractivity contribution in [1.29, 1.82) is 0 Å². The third-order valence-electron chi connectivity index (χ3n) is 3.24. The van der Waals surface area contributed by atoms with Crippen molar-refractivity contribution >= 4 is 0 Å². The van der Waals surface area contributed by atoms with Crippen LogP contribution in [0, 0.1) is 17.8 Å². The molecule has 2 saturated carbocycles. The van der Waals surface area contributed by atoms with Gasteiger partial charge in [-0.1, -0.05) is 6.92 Å². The molecule has 2 rings (SSSR count). The fraction of sp³-hybridized carbons (Fsp3) is 1.00. The van der Waals surface area contributed by atoms with Crippen molar-refractivity contribution in [3.63, 3.8) is 0 Å². The second kappa shape index (κ2) is 2.78. The van der Waals surface area contributed by atoms with Gasteiger partial charge in [-0.05, 0) is 50.5 Å². The molecule has 0 spiro atoms. The molecule has 0 radical (unpaired) electrons. The third-order valence-corrected chi connectivity index (χ3v) is 3.24. The molecular formula is C10H19N. The van der Waals surface area contributed by atoms with Gasteiger partial charge in [0.05, 0.1) is 0 Å². The SMILES string of the molecule is CC1CC1C(C)NCC1CC1. The minimum absolute atomic E-state index is 0.783. The molecular weight excluding hydrogens is 134 g/mol. The monoisotopic (exact) mass is 153 g/mol. The molecule has 0 aromatic heterocycles. The summed E-state index contributed by atoms with van der Waals surface area (Å²) in [6.07, 6.45) is 4.40. The zero-order chi connectivity index (χ0) is 7.84. The van der Waals surface area contributed by atoms with E-state index in [1.165, 1.54) is 25.8 Å². The van der Waals surface area contributed by atoms with E-state index in [1.54, 1.807) is 0 Å². The van der Waals surface area contributed by atoms with Crippen LogP contribution in [0.4, 0.5) is 0 Å². The lowest BCUT2D eigenvalue weighted by atomic mass is 10.2. The van der Waals surface area contributed by atoms with Crippen molar-refractivity contribution in [1.82, 2.24) is 5.32 Å². The summed E-state index contributed by atoms with van der Waals surface area (Å²) in [4.78, 5) is 0. The van der Waals surface area contributed by atoms with Gasteiger partial charge in [0.1, 0.15) is 0 Å². The Morgan fingerprint density at radius 2 is 2.09 bits per heavy atom. The number of hydrogen-bond donors (Lipinski definition) is 1. The molecule has 0 aliphatic heterocycles. The molecule has 1 N–H and O–H groups in total. The first-order valence-corrected chi connectivity index (χ1v) is 5.00. The Morgan fingerprint density at radius 3 is 2.55 bits per heavy atom. The molecule has 0 bridgehead atoms. The van der Waals surface area contributed by atoms with E-state index in [0.717, 1.165) is 23.8 Å². The summed E-state index contributed by atoms with van der Waals surface area (Å²) in [5.41, 5.74) is 0. The van der Waals surface area contributed by atoms with Gasteiger partial charge in [0.2, 0.25) is 0 Å². The van der Waals surface area contributed by atoms with E-state index in [9.17, 15) is 0 Å². The van der Waals surface area contributed by atoms with E-state index < -0.39 is 0 Å². The largest absolute Gasteiger partial charge is 0.314 e. The van der Waals surface area contributed by atoms with Crippen molar-refractivity contribution in [2.45, 2.75) is 39.2 Å². The molecule has 1 nitrogen and oxygen atoms in total. The Kier molecular flexibility index (Phi) is 1.92. The van der Waals surface area contributed by atoms with Gasteiger partial charge in [0.15, 0.2) is 0 Å². The molecule has 2 aliphatic carbocycles. The van der Waals surface area contributed by atoms with Crippen LogP contribution in [0.25, 0.3) is 0 Å². The summed E-state index contributed by atoms with van der Waals surface area (Å²) in [6, 6.07) is 0.783. The van der Waals surface area contributed by atoms with Crippen LogP contribution in [0.5, 0.6) is 0 Å². The lowest BCUT2D eigenvalue weighted by Crippen LogP contribution is -2.30. The van der Waals surface area contributed by atoms with E-state index in [4.69, 9.17) is 0 Å². The number of nitrogens with one attached hydrogen (secondary N) is 1. The fourth-order valence-corrected chi connectivity index (χ4v) is 1.87. The van der Waals surface area contributed by atoms with Crippen LogP contribution < -0.4 is 5.32 Å². The highest BCUT2D eigenvalue weighted by Gasteiger charge is 2.37.